The van der Waals surface area contributed by atoms with Gasteiger partial charge in [0.1, 0.15) is 11.6 Å². The molecule has 4 atom stereocenters. The highest BCUT2D eigenvalue weighted by Crippen LogP contribution is 2.23. The number of ketones is 4. The van der Waals surface area contributed by atoms with E-state index in [0.29, 0.717) is 94.2 Å². The molecule has 0 aromatic carbocycles. The minimum Gasteiger partial charge on any atom is -0.356 e. The fourth-order valence-electron chi connectivity index (χ4n) is 11.1. The first kappa shape index (κ1) is 87.5. The summed E-state index contributed by atoms with van der Waals surface area (Å²) in [6, 6.07) is -0.740. The molecule has 0 aromatic heterocycles. The quantitative estimate of drug-likeness (QED) is 0.0318. The topological polar surface area (TPSA) is 209 Å². The van der Waals surface area contributed by atoms with Gasteiger partial charge in [0, 0.05) is 81.3 Å². The minimum atomic E-state index is -0.584. The normalized spacial score (nSPS) is 13.1. The Morgan fingerprint density at radius 2 is 0.562 bits per heavy atom. The van der Waals surface area contributed by atoms with E-state index in [1.807, 2.05) is 27.7 Å². The molecule has 4 amide bonds. The van der Waals surface area contributed by atoms with Gasteiger partial charge < -0.3 is 31.9 Å². The lowest BCUT2D eigenvalue weighted by Crippen LogP contribution is -2.42. The summed E-state index contributed by atoms with van der Waals surface area (Å²) in [4.78, 5) is 103. The summed E-state index contributed by atoms with van der Waals surface area (Å²) in [5, 5.41) is 19.0. The molecule has 0 bridgehead atoms. The number of hydrogen-bond donors (Lipinski definition) is 6. The van der Waals surface area contributed by atoms with Crippen LogP contribution in [0.5, 0.6) is 0 Å². The van der Waals surface area contributed by atoms with Crippen LogP contribution in [0.15, 0.2) is 0 Å². The van der Waals surface area contributed by atoms with Gasteiger partial charge in [-0.25, -0.2) is 0 Å². The highest BCUT2D eigenvalue weighted by Gasteiger charge is 2.30. The largest absolute Gasteiger partial charge is 0.356 e. The minimum absolute atomic E-state index is 0.0340. The van der Waals surface area contributed by atoms with Crippen LogP contribution < -0.4 is 31.9 Å². The molecule has 0 aliphatic carbocycles. The molecular formula is C75H144N6O8. The van der Waals surface area contributed by atoms with Crippen molar-refractivity contribution >= 4 is 46.8 Å². The van der Waals surface area contributed by atoms with E-state index in [1.165, 1.54) is 25.7 Å². The van der Waals surface area contributed by atoms with Gasteiger partial charge in [0.2, 0.25) is 23.6 Å². The Labute approximate surface area is 547 Å². The van der Waals surface area contributed by atoms with Crippen molar-refractivity contribution < 1.29 is 38.4 Å². The maximum Gasteiger partial charge on any atom is 0.220 e. The van der Waals surface area contributed by atoms with E-state index < -0.39 is 12.1 Å². The third-order valence-electron chi connectivity index (χ3n) is 16.8. The van der Waals surface area contributed by atoms with Gasteiger partial charge in [0.15, 0.2) is 11.6 Å². The van der Waals surface area contributed by atoms with E-state index in [4.69, 9.17) is 0 Å². The third-order valence-corrected chi connectivity index (χ3v) is 16.8. The van der Waals surface area contributed by atoms with Crippen molar-refractivity contribution in [1.29, 1.82) is 0 Å². The summed E-state index contributed by atoms with van der Waals surface area (Å²) >= 11 is 0. The second-order valence-electron chi connectivity index (χ2n) is 29.4. The van der Waals surface area contributed by atoms with Gasteiger partial charge in [0.05, 0.1) is 12.1 Å². The molecule has 0 saturated heterocycles. The van der Waals surface area contributed by atoms with Gasteiger partial charge in [0.25, 0.3) is 0 Å². The number of unbranched alkanes of at least 4 members (excludes halogenated alkanes) is 10. The van der Waals surface area contributed by atoms with E-state index in [-0.39, 0.29) is 83.3 Å². The van der Waals surface area contributed by atoms with Crippen molar-refractivity contribution in [2.75, 3.05) is 32.7 Å². The van der Waals surface area contributed by atoms with Crippen LogP contribution >= 0.6 is 0 Å². The van der Waals surface area contributed by atoms with Gasteiger partial charge in [-0.3, -0.25) is 38.4 Å². The lowest BCUT2D eigenvalue weighted by molar-refractivity contribution is -0.132. The van der Waals surface area contributed by atoms with Crippen LogP contribution in [-0.2, 0) is 38.4 Å². The predicted molar refractivity (Wildman–Crippen MR) is 374 cm³/mol. The van der Waals surface area contributed by atoms with Crippen LogP contribution in [0.2, 0.25) is 0 Å². The number of Topliss-reactive ketones (excluding diaryl/α,β-unsaturated/α-hetero) is 4. The average molecular weight is 1260 g/mol. The molecule has 0 heterocycles. The highest BCUT2D eigenvalue weighted by atomic mass is 16.2. The zero-order chi connectivity index (χ0) is 67.4. The maximum atomic E-state index is 13.7. The van der Waals surface area contributed by atoms with Crippen molar-refractivity contribution in [2.45, 2.75) is 347 Å². The zero-order valence-electron chi connectivity index (χ0n) is 60.8. The molecule has 0 radical (unpaired) electrons. The molecule has 0 aromatic rings. The van der Waals surface area contributed by atoms with Crippen LogP contribution in [0.25, 0.3) is 0 Å². The Morgan fingerprint density at radius 1 is 0.281 bits per heavy atom. The first-order valence-corrected chi connectivity index (χ1v) is 36.8. The summed E-state index contributed by atoms with van der Waals surface area (Å²) < 4.78 is 0. The van der Waals surface area contributed by atoms with E-state index in [2.05, 4.69) is 115 Å². The predicted octanol–water partition coefficient (Wildman–Crippen LogP) is 16.1. The van der Waals surface area contributed by atoms with Crippen LogP contribution in [0.4, 0.5) is 0 Å². The number of carbonyl (C=O) groups is 8. The smallest absolute Gasteiger partial charge is 0.220 e. The number of amides is 4. The molecular weight excluding hydrogens is 1110 g/mol. The fourth-order valence-corrected chi connectivity index (χ4v) is 11.1. The molecule has 522 valence electrons. The molecule has 0 fully saturated rings. The van der Waals surface area contributed by atoms with Gasteiger partial charge >= 0.3 is 0 Å². The summed E-state index contributed by atoms with van der Waals surface area (Å²) in [5.41, 5.74) is 0. The number of hydrogen-bond acceptors (Lipinski definition) is 10. The molecule has 0 aliphatic rings. The third kappa shape index (κ3) is 55.8. The van der Waals surface area contributed by atoms with Crippen molar-refractivity contribution in [2.24, 2.45) is 53.3 Å². The second kappa shape index (κ2) is 57.2. The van der Waals surface area contributed by atoms with Crippen LogP contribution in [0.1, 0.15) is 329 Å². The first-order valence-electron chi connectivity index (χ1n) is 36.8. The van der Waals surface area contributed by atoms with Crippen LogP contribution in [-0.4, -0.2) is 97.6 Å². The van der Waals surface area contributed by atoms with E-state index >= 15 is 0 Å². The Balaban J connectivity index is 0. The van der Waals surface area contributed by atoms with E-state index in [0.717, 1.165) is 154 Å². The molecule has 14 heteroatoms. The van der Waals surface area contributed by atoms with Gasteiger partial charge in [-0.05, 0) is 146 Å². The van der Waals surface area contributed by atoms with E-state index in [1.54, 1.807) is 0 Å². The average Bonchev–Trinajstić information content (AvgIpc) is 3.56. The molecule has 0 aliphatic heterocycles. The number of carbonyl (C=O) groups excluding carboxylic acids is 8. The van der Waals surface area contributed by atoms with Gasteiger partial charge in [-0.15, -0.1) is 0 Å². The molecule has 14 nitrogen and oxygen atoms in total. The Hall–Kier alpha value is -3.52. The molecule has 4 unspecified atom stereocenters. The molecule has 0 spiro atoms. The van der Waals surface area contributed by atoms with Crippen molar-refractivity contribution in [3.05, 3.63) is 0 Å². The Morgan fingerprint density at radius 3 is 0.888 bits per heavy atom. The number of nitrogens with one attached hydrogen (secondary N) is 6. The van der Waals surface area contributed by atoms with Gasteiger partial charge in [-0.1, -0.05) is 194 Å². The second-order valence-corrected chi connectivity index (χ2v) is 29.4. The highest BCUT2D eigenvalue weighted by molar-refractivity contribution is 5.94. The number of rotatable bonds is 59. The fraction of sp³-hybridized carbons (Fsp3) is 0.893. The van der Waals surface area contributed by atoms with Gasteiger partial charge in [-0.2, -0.15) is 0 Å². The Bertz CT molecular complexity index is 1830. The van der Waals surface area contributed by atoms with Crippen molar-refractivity contribution in [1.82, 2.24) is 31.9 Å². The summed E-state index contributed by atoms with van der Waals surface area (Å²) in [5.74, 6) is 2.66. The molecule has 0 rings (SSSR count). The van der Waals surface area contributed by atoms with Crippen LogP contribution in [0, 0.1) is 53.3 Å². The summed E-state index contributed by atoms with van der Waals surface area (Å²) in [7, 11) is 0. The van der Waals surface area contributed by atoms with Crippen LogP contribution in [0.3, 0.4) is 0 Å². The first-order chi connectivity index (χ1) is 42.2. The SMILES string of the molecule is CC(C)CCCCC(=O)NCCCCC(NC(=O)CCCCC(C)C)C(=O)CC(CCCCNC(C)C)C(=O)C(C)C.CC(C)CCCCCNCCCCC(CC(=O)C(CCCCNC(=O)CCCCC(C)C)NC(=O)CCCCC(C)C)C(=O)C(C)C. The van der Waals surface area contributed by atoms with E-state index in [9.17, 15) is 38.4 Å². The van der Waals surface area contributed by atoms with Crippen molar-refractivity contribution in [3.63, 3.8) is 0 Å². The molecule has 6 N–H and O–H groups in total. The zero-order valence-corrected chi connectivity index (χ0v) is 60.8. The monoisotopic (exact) mass is 1260 g/mol. The summed E-state index contributed by atoms with van der Waals surface area (Å²) in [6.07, 6.45) is 28.6. The standard InChI is InChI=1S/C40H77N3O4.C35H67N3O4/c1-31(2)20-10-9-17-27-41-28-18-15-23-35(40(47)34(7)8)30-37(44)36(43-39(46)26-14-12-22-33(5)6)24-16-19-29-42-38(45)25-13-11-21-32(3)4;1-26(2)17-9-11-21-33(40)37-24-16-14-20-31(38-34(41)22-12-10-18-27(3)4)32(39)25-30(35(42)28(5)6)19-13-15-23-36-29(7)8/h31-36,41H,9-30H2,1-8H3,(H,42,45)(H,43,46);26-31,36H,9-25H2,1-8H3,(H,37,40)(H,38,41). The molecule has 0 saturated carbocycles. The maximum absolute atomic E-state index is 13.7. The summed E-state index contributed by atoms with van der Waals surface area (Å²) in [6.45, 7) is 38.0. The Kier molecular flexibility index (Phi) is 56.2. The lowest BCUT2D eigenvalue weighted by atomic mass is 9.85. The lowest BCUT2D eigenvalue weighted by Gasteiger charge is -2.22. The van der Waals surface area contributed by atoms with Crippen molar-refractivity contribution in [3.8, 4) is 0 Å². The molecule has 89 heavy (non-hydrogen) atoms.